The Kier molecular flexibility index (Phi) is 6.13. The van der Waals surface area contributed by atoms with Crippen molar-refractivity contribution in [2.24, 2.45) is 0 Å². The molecule has 4 rings (SSSR count). The fourth-order valence-corrected chi connectivity index (χ4v) is 3.92. The van der Waals surface area contributed by atoms with Crippen LogP contribution in [0.4, 0.5) is 4.79 Å². The van der Waals surface area contributed by atoms with Crippen molar-refractivity contribution in [2.45, 2.75) is 6.92 Å². The summed E-state index contributed by atoms with van der Waals surface area (Å²) in [4.78, 5) is 37.3. The minimum absolute atomic E-state index is 0.148. The second kappa shape index (κ2) is 9.15. The van der Waals surface area contributed by atoms with Gasteiger partial charge in [-0.3, -0.25) is 14.5 Å². The Hall–Kier alpha value is -3.78. The molecule has 2 aromatic carbocycles. The highest BCUT2D eigenvalue weighted by molar-refractivity contribution is 8.18. The quantitative estimate of drug-likeness (QED) is 0.503. The second-order valence-corrected chi connectivity index (χ2v) is 8.07. The zero-order valence-corrected chi connectivity index (χ0v) is 17.9. The van der Waals surface area contributed by atoms with Crippen molar-refractivity contribution < 1.29 is 28.6 Å². The molecule has 0 atom stereocenters. The summed E-state index contributed by atoms with van der Waals surface area (Å²) in [6.07, 6.45) is 1.53. The summed E-state index contributed by atoms with van der Waals surface area (Å²) in [6, 6.07) is 17.2. The molecule has 8 heteroatoms. The molecule has 0 spiro atoms. The highest BCUT2D eigenvalue weighted by Crippen LogP contribution is 2.33. The number of aromatic carboxylic acids is 1. The van der Waals surface area contributed by atoms with Gasteiger partial charge in [-0.25, -0.2) is 4.79 Å². The molecule has 0 bridgehead atoms. The van der Waals surface area contributed by atoms with Crippen LogP contribution in [-0.2, 0) is 4.79 Å². The number of ether oxygens (including phenoxy) is 1. The van der Waals surface area contributed by atoms with Crippen molar-refractivity contribution in [1.82, 2.24) is 4.90 Å². The van der Waals surface area contributed by atoms with Gasteiger partial charge in [-0.15, -0.1) is 0 Å². The number of benzene rings is 2. The maximum Gasteiger partial charge on any atom is 0.335 e. The van der Waals surface area contributed by atoms with Gasteiger partial charge in [0.05, 0.1) is 17.0 Å². The molecular formula is C24H19NO6S. The highest BCUT2D eigenvalue weighted by atomic mass is 32.2. The maximum atomic E-state index is 12.6. The van der Waals surface area contributed by atoms with Gasteiger partial charge in [-0.1, -0.05) is 29.8 Å². The lowest BCUT2D eigenvalue weighted by molar-refractivity contribution is -0.123. The summed E-state index contributed by atoms with van der Waals surface area (Å²) < 4.78 is 11.4. The number of nitrogens with zero attached hydrogens (tertiary/aromatic N) is 1. The van der Waals surface area contributed by atoms with Gasteiger partial charge in [0.15, 0.2) is 0 Å². The molecule has 1 N–H and O–H groups in total. The Morgan fingerprint density at radius 3 is 2.47 bits per heavy atom. The van der Waals surface area contributed by atoms with Crippen LogP contribution >= 0.6 is 11.8 Å². The predicted molar refractivity (Wildman–Crippen MR) is 120 cm³/mol. The molecule has 2 heterocycles. The van der Waals surface area contributed by atoms with Gasteiger partial charge in [0.1, 0.15) is 23.9 Å². The van der Waals surface area contributed by atoms with Crippen molar-refractivity contribution in [3.05, 3.63) is 82.5 Å². The molecule has 32 heavy (non-hydrogen) atoms. The number of rotatable bonds is 7. The smallest absolute Gasteiger partial charge is 0.335 e. The topological polar surface area (TPSA) is 97.1 Å². The van der Waals surface area contributed by atoms with E-state index < -0.39 is 11.9 Å². The molecule has 0 saturated carbocycles. The van der Waals surface area contributed by atoms with E-state index in [9.17, 15) is 14.4 Å². The van der Waals surface area contributed by atoms with Gasteiger partial charge < -0.3 is 14.3 Å². The summed E-state index contributed by atoms with van der Waals surface area (Å²) in [5.41, 5.74) is 2.00. The number of carbonyl (C=O) groups excluding carboxylic acids is 2. The van der Waals surface area contributed by atoms with Crippen molar-refractivity contribution in [3.63, 3.8) is 0 Å². The summed E-state index contributed by atoms with van der Waals surface area (Å²) in [7, 11) is 0. The first-order valence-electron chi connectivity index (χ1n) is 9.79. The highest BCUT2D eigenvalue weighted by Gasteiger charge is 2.35. The molecule has 1 aliphatic heterocycles. The fourth-order valence-electron chi connectivity index (χ4n) is 3.07. The molecule has 7 nitrogen and oxygen atoms in total. The van der Waals surface area contributed by atoms with Gasteiger partial charge in [-0.2, -0.15) is 0 Å². The lowest BCUT2D eigenvalue weighted by Gasteiger charge is -2.13. The first-order chi connectivity index (χ1) is 15.4. The number of thioether (sulfide) groups is 1. The van der Waals surface area contributed by atoms with Crippen LogP contribution in [0, 0.1) is 6.92 Å². The fraction of sp³-hybridized carbons (Fsp3) is 0.125. The molecule has 1 aromatic heterocycles. The molecule has 1 saturated heterocycles. The van der Waals surface area contributed by atoms with Crippen LogP contribution in [0.1, 0.15) is 21.7 Å². The van der Waals surface area contributed by atoms with Crippen LogP contribution in [0.25, 0.3) is 17.4 Å². The number of furan rings is 1. The van der Waals surface area contributed by atoms with E-state index in [1.807, 2.05) is 31.2 Å². The van der Waals surface area contributed by atoms with Crippen molar-refractivity contribution in [1.29, 1.82) is 0 Å². The van der Waals surface area contributed by atoms with E-state index in [1.165, 1.54) is 18.2 Å². The van der Waals surface area contributed by atoms with Crippen LogP contribution in [0.3, 0.4) is 0 Å². The van der Waals surface area contributed by atoms with Crippen molar-refractivity contribution in [2.75, 3.05) is 13.2 Å². The molecule has 1 aliphatic rings. The molecule has 1 fully saturated rings. The lowest BCUT2D eigenvalue weighted by atomic mass is 10.1. The minimum Gasteiger partial charge on any atom is -0.492 e. The summed E-state index contributed by atoms with van der Waals surface area (Å²) >= 11 is 0.853. The number of carboxylic acid groups (broad SMARTS) is 1. The minimum atomic E-state index is -1.00. The number of imide groups is 1. The van der Waals surface area contributed by atoms with Gasteiger partial charge >= 0.3 is 5.97 Å². The number of carbonyl (C=O) groups is 3. The first kappa shape index (κ1) is 21.5. The number of amides is 2. The average Bonchev–Trinajstić information content (AvgIpc) is 3.35. The Labute approximate surface area is 188 Å². The standard InChI is InChI=1S/C24H19NO6S/c1-15-2-8-18(9-3-15)30-13-12-25-22(26)21(32-24(25)29)14-19-10-11-20(31-19)16-4-6-17(7-5-16)23(27)28/h2-11,14H,12-13H2,1H3,(H,27,28)/b21-14-. The van der Waals surface area contributed by atoms with E-state index >= 15 is 0 Å². The van der Waals surface area contributed by atoms with E-state index in [4.69, 9.17) is 14.3 Å². The van der Waals surface area contributed by atoms with Crippen LogP contribution in [0.5, 0.6) is 5.75 Å². The van der Waals surface area contributed by atoms with Gasteiger partial charge in [0, 0.05) is 11.6 Å². The molecule has 162 valence electrons. The van der Waals surface area contributed by atoms with Gasteiger partial charge in [-0.05, 0) is 55.1 Å². The maximum absolute atomic E-state index is 12.6. The van der Waals surface area contributed by atoms with Crippen molar-refractivity contribution in [3.8, 4) is 17.1 Å². The average molecular weight is 449 g/mol. The predicted octanol–water partition coefficient (Wildman–Crippen LogP) is 5.07. The number of aryl methyl sites for hydroxylation is 1. The molecular weight excluding hydrogens is 430 g/mol. The SMILES string of the molecule is Cc1ccc(OCCN2C(=O)S/C(=C\c3ccc(-c4ccc(C(=O)O)cc4)o3)C2=O)cc1. The van der Waals surface area contributed by atoms with E-state index in [0.717, 1.165) is 22.2 Å². The lowest BCUT2D eigenvalue weighted by Crippen LogP contribution is -2.32. The van der Waals surface area contributed by atoms with E-state index in [2.05, 4.69) is 0 Å². The number of hydrogen-bond acceptors (Lipinski definition) is 6. The Bertz CT molecular complexity index is 1190. The third kappa shape index (κ3) is 4.76. The molecule has 0 radical (unpaired) electrons. The Morgan fingerprint density at radius 1 is 1.06 bits per heavy atom. The number of hydrogen-bond donors (Lipinski definition) is 1. The molecule has 2 amide bonds. The van der Waals surface area contributed by atoms with Gasteiger partial charge in [0.2, 0.25) is 0 Å². The Balaban J connectivity index is 1.40. The normalized spacial score (nSPS) is 14.9. The van der Waals surface area contributed by atoms with E-state index in [1.54, 1.807) is 24.3 Å². The summed E-state index contributed by atoms with van der Waals surface area (Å²) in [6.45, 7) is 2.33. The van der Waals surface area contributed by atoms with E-state index in [0.29, 0.717) is 22.8 Å². The van der Waals surface area contributed by atoms with Gasteiger partial charge in [0.25, 0.3) is 11.1 Å². The molecule has 0 aliphatic carbocycles. The third-order valence-electron chi connectivity index (χ3n) is 4.79. The summed E-state index contributed by atoms with van der Waals surface area (Å²) in [5.74, 6) is 0.230. The Morgan fingerprint density at radius 2 is 1.78 bits per heavy atom. The number of carboxylic acids is 1. The summed E-state index contributed by atoms with van der Waals surface area (Å²) in [5, 5.41) is 8.64. The molecule has 0 unspecified atom stereocenters. The monoisotopic (exact) mass is 449 g/mol. The van der Waals surface area contributed by atoms with E-state index in [-0.39, 0.29) is 28.9 Å². The third-order valence-corrected chi connectivity index (χ3v) is 5.70. The van der Waals surface area contributed by atoms with Crippen molar-refractivity contribution >= 4 is 35.0 Å². The second-order valence-electron chi connectivity index (χ2n) is 7.08. The zero-order valence-electron chi connectivity index (χ0n) is 17.1. The van der Waals surface area contributed by atoms with Crippen LogP contribution in [0.2, 0.25) is 0 Å². The van der Waals surface area contributed by atoms with Crippen LogP contribution in [0.15, 0.2) is 70.0 Å². The molecule has 3 aromatic rings. The largest absolute Gasteiger partial charge is 0.492 e. The zero-order chi connectivity index (χ0) is 22.7. The van der Waals surface area contributed by atoms with Crippen LogP contribution < -0.4 is 4.74 Å². The first-order valence-corrected chi connectivity index (χ1v) is 10.6. The van der Waals surface area contributed by atoms with Crippen LogP contribution in [-0.4, -0.2) is 40.3 Å².